The van der Waals surface area contributed by atoms with Crippen LogP contribution in [-0.2, 0) is 61.6 Å². The molecule has 0 aromatic rings. The minimum absolute atomic E-state index is 0.0832. The first-order chi connectivity index (χ1) is 43.2. The fraction of sp³-hybridized carbons (Fsp3) is 0.952. The summed E-state index contributed by atoms with van der Waals surface area (Å²) in [4.78, 5) is 15.5. The summed E-state index contributed by atoms with van der Waals surface area (Å²) < 4.78 is 70.6. The Labute approximate surface area is 532 Å². The summed E-state index contributed by atoms with van der Waals surface area (Å²) in [5, 5.41) is 187. The maximum Gasteiger partial charge on any atom is 0.315 e. The fourth-order valence-corrected chi connectivity index (χ4v) is 18.5. The van der Waals surface area contributed by atoms with Crippen molar-refractivity contribution < 1.29 is 148 Å². The van der Waals surface area contributed by atoms with Crippen LogP contribution in [0.2, 0.25) is 0 Å². The van der Waals surface area contributed by atoms with Gasteiger partial charge in [0.05, 0.1) is 70.0 Å². The van der Waals surface area contributed by atoms with Crippen molar-refractivity contribution in [3.8, 4) is 0 Å². The number of ether oxygens (including phenoxy) is 12. The Morgan fingerprint density at radius 3 is 1.79 bits per heavy atom. The van der Waals surface area contributed by atoms with Crippen LogP contribution < -0.4 is 0 Å². The average molecular weight is 1330 g/mol. The summed E-state index contributed by atoms with van der Waals surface area (Å²) in [7, 11) is 0. The van der Waals surface area contributed by atoms with Crippen LogP contribution in [0.15, 0.2) is 11.6 Å². The van der Waals surface area contributed by atoms with E-state index in [1.807, 2.05) is 6.92 Å². The molecule has 11 rings (SSSR count). The van der Waals surface area contributed by atoms with E-state index in [1.165, 1.54) is 6.92 Å². The molecule has 6 aliphatic heterocycles. The van der Waals surface area contributed by atoms with Gasteiger partial charge in [-0.1, -0.05) is 53.2 Å². The van der Waals surface area contributed by atoms with Crippen molar-refractivity contribution in [2.75, 3.05) is 46.2 Å². The van der Waals surface area contributed by atoms with Crippen molar-refractivity contribution in [2.24, 2.45) is 50.2 Å². The number of aliphatic hydroxyl groups is 17. The highest BCUT2D eigenvalue weighted by molar-refractivity contribution is 5.79. The molecule has 5 aliphatic carbocycles. The highest BCUT2D eigenvalue weighted by Gasteiger charge is 2.72. The molecular weight excluding hydrogens is 1220 g/mol. The molecule has 10 fully saturated rings. The topological polar surface area (TPSA) is 472 Å². The second-order valence-electron chi connectivity index (χ2n) is 30.2. The van der Waals surface area contributed by atoms with Crippen molar-refractivity contribution in [1.29, 1.82) is 0 Å². The van der Waals surface area contributed by atoms with Crippen LogP contribution in [0.25, 0.3) is 0 Å². The third kappa shape index (κ3) is 11.9. The molecule has 30 nitrogen and oxygen atoms in total. The Morgan fingerprint density at radius 1 is 0.543 bits per heavy atom. The number of aliphatic hydroxyl groups excluding tert-OH is 16. The predicted molar refractivity (Wildman–Crippen MR) is 305 cm³/mol. The van der Waals surface area contributed by atoms with Gasteiger partial charge in [-0.15, -0.1) is 0 Å². The Balaban J connectivity index is 0.785. The van der Waals surface area contributed by atoms with Crippen molar-refractivity contribution >= 4 is 5.97 Å². The van der Waals surface area contributed by atoms with E-state index >= 15 is 4.79 Å². The van der Waals surface area contributed by atoms with E-state index in [4.69, 9.17) is 56.8 Å². The van der Waals surface area contributed by atoms with Gasteiger partial charge in [-0.3, -0.25) is 4.79 Å². The first kappa shape index (κ1) is 71.4. The molecule has 92 heavy (non-hydrogen) atoms. The van der Waals surface area contributed by atoms with E-state index in [-0.39, 0.29) is 29.6 Å². The van der Waals surface area contributed by atoms with Gasteiger partial charge in [-0.05, 0) is 104 Å². The predicted octanol–water partition coefficient (Wildman–Crippen LogP) is -4.86. The molecule has 0 radical (unpaired) electrons. The lowest BCUT2D eigenvalue weighted by molar-refractivity contribution is -0.372. The van der Waals surface area contributed by atoms with Crippen LogP contribution in [-0.4, -0.2) is 304 Å². The molecule has 0 unspecified atom stereocenters. The SMILES string of the molecule is C[C@@H]1O[C@@H](O[C@H]2[C@H](OC(=O)[C@]34CCC(C)(C)C[C@H]3C3=CC[C@@H]5[C@@]6(C)C[C@H](O)[C@H](O[C@@H]7O[C@H](CO)[C@@H](O)[C@H](O[C@@H]8OC[C@@H](O)[C@H](O)[C@H]8O)[C@H]7O)[C@@](C)(CO)[C@@H]6CC[C@@]5(C)[C@]3(C)CC4)OC[C@H](O)[C@@H]2O)[C@H](O)[C@@H](O)[C@H]1O[C@@H]1OC[C@@H](O)[C@H](O[C@@H]2OC[C@](O)(CO)[C@H]2O)[C@H]1O. The second kappa shape index (κ2) is 26.3. The standard InChI is InChI=1S/C62H100O30/c1-25-43(87-50-41(76)44(31(69)21-82-50)88-54-47(78)62(80,23-65)24-84-54)38(73)40(75)51(85-25)90-46-36(71)30(68)20-83-53(46)92-55(79)61-14-12-56(2,3)16-27(61)26-8-9-34-57(4)17-28(66)48(58(5,22-64)33(57)10-11-60(34,7)59(26,6)13-15-61)91-52-42(77)45(37(72)32(18-63)86-52)89-49-39(74)35(70)29(67)19-81-49/h8,25,27-54,63-78,80H,9-24H2,1-7H3/t25-,27-,28-,29+,30-,31+,32+,33+,34+,35-,36-,37+,38+,39+,40+,41+,42+,43-,44-,45-,46+,47-,48-,49-,50-,51-,52-,53-,54-,57-,58-,59+,60+,61-,62+/m0/s1. The molecule has 0 aromatic heterocycles. The van der Waals surface area contributed by atoms with Gasteiger partial charge in [0.1, 0.15) is 103 Å². The van der Waals surface area contributed by atoms with Crippen molar-refractivity contribution in [1.82, 2.24) is 0 Å². The van der Waals surface area contributed by atoms with Crippen LogP contribution >= 0.6 is 0 Å². The zero-order valence-corrected chi connectivity index (χ0v) is 53.0. The largest absolute Gasteiger partial charge is 0.432 e. The van der Waals surface area contributed by atoms with E-state index in [2.05, 4.69) is 40.7 Å². The fourth-order valence-electron chi connectivity index (χ4n) is 18.5. The van der Waals surface area contributed by atoms with Gasteiger partial charge in [0.15, 0.2) is 37.6 Å². The zero-order valence-electron chi connectivity index (χ0n) is 53.0. The molecule has 6 heterocycles. The molecule has 11 aliphatic rings. The molecule has 17 N–H and O–H groups in total. The Morgan fingerprint density at radius 2 is 1.13 bits per heavy atom. The van der Waals surface area contributed by atoms with Gasteiger partial charge in [-0.25, -0.2) is 0 Å². The summed E-state index contributed by atoms with van der Waals surface area (Å²) in [5.41, 5.74) is -5.06. The highest BCUT2D eigenvalue weighted by Crippen LogP contribution is 2.76. The van der Waals surface area contributed by atoms with E-state index in [0.717, 1.165) is 5.57 Å². The third-order valence-electron chi connectivity index (χ3n) is 24.3. The minimum atomic E-state index is -2.07. The lowest BCUT2D eigenvalue weighted by Gasteiger charge is -2.72. The molecule has 4 saturated carbocycles. The maximum atomic E-state index is 15.5. The number of esters is 1. The van der Waals surface area contributed by atoms with Gasteiger partial charge in [-0.2, -0.15) is 0 Å². The van der Waals surface area contributed by atoms with E-state index < -0.39 is 245 Å². The lowest BCUT2D eigenvalue weighted by atomic mass is 9.33. The van der Waals surface area contributed by atoms with Crippen LogP contribution in [0.5, 0.6) is 0 Å². The number of fused-ring (bicyclic) bond motifs is 7. The average Bonchev–Trinajstić information content (AvgIpc) is 0.730. The first-order valence-electron chi connectivity index (χ1n) is 32.5. The molecule has 528 valence electrons. The number of carbonyl (C=O) groups is 1. The molecule has 0 aromatic carbocycles. The van der Waals surface area contributed by atoms with E-state index in [9.17, 15) is 86.8 Å². The number of hydrogen-bond donors (Lipinski definition) is 17. The van der Waals surface area contributed by atoms with E-state index in [0.29, 0.717) is 51.4 Å². The van der Waals surface area contributed by atoms with Crippen LogP contribution in [0.1, 0.15) is 106 Å². The van der Waals surface area contributed by atoms with Crippen molar-refractivity contribution in [3.63, 3.8) is 0 Å². The van der Waals surface area contributed by atoms with Crippen LogP contribution in [0.3, 0.4) is 0 Å². The van der Waals surface area contributed by atoms with Gasteiger partial charge < -0.3 is 144 Å². The van der Waals surface area contributed by atoms with Crippen molar-refractivity contribution in [3.05, 3.63) is 11.6 Å². The second-order valence-corrected chi connectivity index (χ2v) is 30.2. The van der Waals surface area contributed by atoms with Gasteiger partial charge in [0, 0.05) is 5.41 Å². The van der Waals surface area contributed by atoms with Gasteiger partial charge >= 0.3 is 5.97 Å². The quantitative estimate of drug-likeness (QED) is 0.0415. The molecule has 0 spiro atoms. The summed E-state index contributed by atoms with van der Waals surface area (Å²) in [6.45, 7) is 10.3. The minimum Gasteiger partial charge on any atom is -0.432 e. The van der Waals surface area contributed by atoms with E-state index in [1.54, 1.807) is 0 Å². The molecule has 35 atom stereocenters. The zero-order chi connectivity index (χ0) is 66.9. The van der Waals surface area contributed by atoms with Crippen molar-refractivity contribution in [2.45, 2.75) is 272 Å². The highest BCUT2D eigenvalue weighted by atomic mass is 16.8. The summed E-state index contributed by atoms with van der Waals surface area (Å²) in [5.74, 6) is -1.33. The third-order valence-corrected chi connectivity index (χ3v) is 24.3. The number of carbonyl (C=O) groups excluding carboxylic acids is 1. The summed E-state index contributed by atoms with van der Waals surface area (Å²) in [6, 6.07) is 0. The summed E-state index contributed by atoms with van der Waals surface area (Å²) >= 11 is 0. The Kier molecular flexibility index (Phi) is 20.4. The molecule has 0 amide bonds. The number of allylic oxidation sites excluding steroid dienone is 2. The Bertz CT molecular complexity index is 2610. The monoisotopic (exact) mass is 1320 g/mol. The summed E-state index contributed by atoms with van der Waals surface area (Å²) in [6.07, 6.45) is -34.9. The number of hydrogen-bond acceptors (Lipinski definition) is 30. The number of rotatable bonds is 15. The van der Waals surface area contributed by atoms with Crippen LogP contribution in [0.4, 0.5) is 0 Å². The molecule has 0 bridgehead atoms. The smallest absolute Gasteiger partial charge is 0.315 e. The van der Waals surface area contributed by atoms with Gasteiger partial charge in [0.2, 0.25) is 6.29 Å². The normalized spacial score (nSPS) is 55.3. The molecular formula is C62H100O30. The van der Waals surface area contributed by atoms with Crippen LogP contribution in [0, 0.1) is 50.2 Å². The maximum absolute atomic E-state index is 15.5. The van der Waals surface area contributed by atoms with Gasteiger partial charge in [0.25, 0.3) is 0 Å². The first-order valence-corrected chi connectivity index (χ1v) is 32.5. The Hall–Kier alpha value is -1.91. The molecule has 6 saturated heterocycles. The molecule has 30 heteroatoms. The lowest BCUT2D eigenvalue weighted by Crippen LogP contribution is -2.70.